The first-order valence-electron chi connectivity index (χ1n) is 5.90. The molecule has 1 aromatic carbocycles. The number of halogens is 1. The van der Waals surface area contributed by atoms with Gasteiger partial charge in [-0.15, -0.1) is 0 Å². The largest absolute Gasteiger partial charge is 0.462 e. The minimum Gasteiger partial charge on any atom is -0.462 e. The fourth-order valence-corrected chi connectivity index (χ4v) is 2.07. The summed E-state index contributed by atoms with van der Waals surface area (Å²) in [6.07, 6.45) is 0. The molecule has 1 rings (SSSR count). The Balaban J connectivity index is 2.62. The predicted octanol–water partition coefficient (Wildman–Crippen LogP) is 2.81. The second-order valence-corrected chi connectivity index (χ2v) is 11.0. The summed E-state index contributed by atoms with van der Waals surface area (Å²) < 4.78 is 18.3. The van der Waals surface area contributed by atoms with Crippen LogP contribution in [0, 0.1) is 5.82 Å². The Bertz CT molecular complexity index is 427. The van der Waals surface area contributed by atoms with Crippen LogP contribution in [0.1, 0.15) is 15.9 Å². The first kappa shape index (κ1) is 14.9. The summed E-state index contributed by atoms with van der Waals surface area (Å²) in [5.74, 6) is -0.987. The zero-order valence-electron chi connectivity index (χ0n) is 11.0. The Labute approximate surface area is 108 Å². The topological polar surface area (TPSA) is 46.5 Å². The molecule has 0 aromatic heterocycles. The van der Waals surface area contributed by atoms with Crippen molar-refractivity contribution in [1.82, 2.24) is 0 Å². The molecule has 0 spiro atoms. The van der Waals surface area contributed by atoms with Crippen molar-refractivity contribution in [2.75, 3.05) is 6.61 Å². The molecule has 0 saturated carbocycles. The lowest BCUT2D eigenvalue weighted by atomic mass is 10.1. The molecule has 0 amide bonds. The molecule has 0 radical (unpaired) electrons. The fourth-order valence-electron chi connectivity index (χ4n) is 1.36. The highest BCUT2D eigenvalue weighted by atomic mass is 28.3. The van der Waals surface area contributed by atoms with Crippen molar-refractivity contribution < 1.29 is 19.0 Å². The number of esters is 1. The molecular weight excluding hydrogens is 251 g/mol. The van der Waals surface area contributed by atoms with E-state index in [1.807, 2.05) is 0 Å². The molecule has 0 aliphatic heterocycles. The molecule has 0 atom stereocenters. The lowest BCUT2D eigenvalue weighted by molar-refractivity contribution is 0.0525. The summed E-state index contributed by atoms with van der Waals surface area (Å²) >= 11 is 0. The molecular formula is C13H19FO3Si. The van der Waals surface area contributed by atoms with E-state index in [9.17, 15) is 9.18 Å². The maximum Gasteiger partial charge on any atom is 0.338 e. The van der Waals surface area contributed by atoms with Gasteiger partial charge in [0.25, 0.3) is 0 Å². The zero-order chi connectivity index (χ0) is 13.8. The van der Waals surface area contributed by atoms with Gasteiger partial charge in [-0.2, -0.15) is 0 Å². The molecule has 1 aromatic rings. The first-order valence-corrected chi connectivity index (χ1v) is 9.60. The van der Waals surface area contributed by atoms with Gasteiger partial charge < -0.3 is 9.84 Å². The molecule has 3 nitrogen and oxygen atoms in total. The van der Waals surface area contributed by atoms with Crippen LogP contribution in [-0.4, -0.2) is 25.8 Å². The fraction of sp³-hybridized carbons (Fsp3) is 0.462. The third-order valence-electron chi connectivity index (χ3n) is 2.54. The lowest BCUT2D eigenvalue weighted by Gasteiger charge is -2.15. The molecule has 0 aliphatic carbocycles. The van der Waals surface area contributed by atoms with Crippen LogP contribution < -0.4 is 0 Å². The molecule has 5 heteroatoms. The van der Waals surface area contributed by atoms with E-state index in [0.29, 0.717) is 6.61 Å². The van der Waals surface area contributed by atoms with Crippen molar-refractivity contribution in [3.8, 4) is 0 Å². The van der Waals surface area contributed by atoms with Crippen molar-refractivity contribution in [1.29, 1.82) is 0 Å². The standard InChI is InChI=1S/C13H19FO3Si/c1-18(2,3)7-6-17-13(16)10-4-5-12(14)11(8-10)9-15/h4-5,8,15H,6-7,9H2,1-3H3. The maximum atomic E-state index is 13.1. The van der Waals surface area contributed by atoms with Crippen molar-refractivity contribution in [3.05, 3.63) is 35.1 Å². The summed E-state index contributed by atoms with van der Waals surface area (Å²) in [4.78, 5) is 11.7. The average molecular weight is 270 g/mol. The Morgan fingerprint density at radius 1 is 1.39 bits per heavy atom. The smallest absolute Gasteiger partial charge is 0.338 e. The second kappa shape index (κ2) is 6.11. The lowest BCUT2D eigenvalue weighted by Crippen LogP contribution is -2.22. The van der Waals surface area contributed by atoms with Crippen molar-refractivity contribution in [3.63, 3.8) is 0 Å². The SMILES string of the molecule is C[Si](C)(C)CCOC(=O)c1ccc(F)c(CO)c1. The Morgan fingerprint density at radius 3 is 2.61 bits per heavy atom. The second-order valence-electron chi connectivity index (χ2n) is 5.41. The van der Waals surface area contributed by atoms with Crippen molar-refractivity contribution >= 4 is 14.0 Å². The van der Waals surface area contributed by atoms with E-state index in [4.69, 9.17) is 9.84 Å². The quantitative estimate of drug-likeness (QED) is 0.661. The molecule has 18 heavy (non-hydrogen) atoms. The number of ether oxygens (including phenoxy) is 1. The number of carbonyl (C=O) groups excluding carboxylic acids is 1. The molecule has 0 fully saturated rings. The predicted molar refractivity (Wildman–Crippen MR) is 70.8 cm³/mol. The number of rotatable bonds is 5. The molecule has 0 aliphatic rings. The van der Waals surface area contributed by atoms with E-state index >= 15 is 0 Å². The average Bonchev–Trinajstić information content (AvgIpc) is 2.27. The van der Waals surface area contributed by atoms with Crippen LogP contribution in [0.15, 0.2) is 18.2 Å². The Hall–Kier alpha value is -1.20. The molecule has 1 N–H and O–H groups in total. The van der Waals surface area contributed by atoms with Gasteiger partial charge in [0.1, 0.15) is 5.82 Å². The van der Waals surface area contributed by atoms with Gasteiger partial charge in [0.05, 0.1) is 18.8 Å². The molecule has 0 bridgehead atoms. The van der Waals surface area contributed by atoms with E-state index < -0.39 is 26.5 Å². The van der Waals surface area contributed by atoms with Crippen LogP contribution in [0.3, 0.4) is 0 Å². The van der Waals surface area contributed by atoms with E-state index in [2.05, 4.69) is 19.6 Å². The van der Waals surface area contributed by atoms with Gasteiger partial charge in [0, 0.05) is 13.6 Å². The highest BCUT2D eigenvalue weighted by Gasteiger charge is 2.15. The van der Waals surface area contributed by atoms with Gasteiger partial charge in [-0.3, -0.25) is 0 Å². The highest BCUT2D eigenvalue weighted by molar-refractivity contribution is 6.76. The highest BCUT2D eigenvalue weighted by Crippen LogP contribution is 2.13. The number of aliphatic hydroxyl groups is 1. The van der Waals surface area contributed by atoms with Gasteiger partial charge in [-0.05, 0) is 24.2 Å². The summed E-state index contributed by atoms with van der Waals surface area (Å²) in [7, 11) is -1.23. The Morgan fingerprint density at radius 2 is 2.06 bits per heavy atom. The summed E-state index contributed by atoms with van der Waals surface area (Å²) in [5.41, 5.74) is 0.380. The van der Waals surface area contributed by atoms with E-state index in [-0.39, 0.29) is 11.1 Å². The number of aliphatic hydroxyl groups excluding tert-OH is 1. The first-order chi connectivity index (χ1) is 8.33. The minimum atomic E-state index is -1.23. The normalized spacial score (nSPS) is 11.4. The van der Waals surface area contributed by atoms with Gasteiger partial charge >= 0.3 is 5.97 Å². The van der Waals surface area contributed by atoms with E-state index in [1.54, 1.807) is 0 Å². The maximum absolute atomic E-state index is 13.1. The zero-order valence-corrected chi connectivity index (χ0v) is 12.0. The van der Waals surface area contributed by atoms with Gasteiger partial charge in [-0.25, -0.2) is 9.18 Å². The van der Waals surface area contributed by atoms with E-state index in [0.717, 1.165) is 6.04 Å². The van der Waals surface area contributed by atoms with Crippen LogP contribution in [0.2, 0.25) is 25.7 Å². The van der Waals surface area contributed by atoms with Crippen molar-refractivity contribution in [2.45, 2.75) is 32.3 Å². The molecule has 0 heterocycles. The number of hydrogen-bond donors (Lipinski definition) is 1. The monoisotopic (exact) mass is 270 g/mol. The number of carbonyl (C=O) groups is 1. The summed E-state index contributed by atoms with van der Waals surface area (Å²) in [6.45, 7) is 6.55. The number of hydrogen-bond acceptors (Lipinski definition) is 3. The van der Waals surface area contributed by atoms with Crippen molar-refractivity contribution in [2.24, 2.45) is 0 Å². The van der Waals surface area contributed by atoms with Crippen LogP contribution in [0.4, 0.5) is 4.39 Å². The van der Waals surface area contributed by atoms with Gasteiger partial charge in [0.15, 0.2) is 0 Å². The van der Waals surface area contributed by atoms with Crippen LogP contribution in [0.5, 0.6) is 0 Å². The van der Waals surface area contributed by atoms with Crippen LogP contribution in [-0.2, 0) is 11.3 Å². The minimum absolute atomic E-state index is 0.106. The molecule has 100 valence electrons. The van der Waals surface area contributed by atoms with Crippen LogP contribution >= 0.6 is 0 Å². The molecule has 0 unspecified atom stereocenters. The Kier molecular flexibility index (Phi) is 5.04. The summed E-state index contributed by atoms with van der Waals surface area (Å²) in [6, 6.07) is 4.75. The third-order valence-corrected chi connectivity index (χ3v) is 4.24. The summed E-state index contributed by atoms with van der Waals surface area (Å²) in [5, 5.41) is 8.92. The van der Waals surface area contributed by atoms with Crippen LogP contribution in [0.25, 0.3) is 0 Å². The van der Waals surface area contributed by atoms with Gasteiger partial charge in [0.2, 0.25) is 0 Å². The van der Waals surface area contributed by atoms with Gasteiger partial charge in [-0.1, -0.05) is 19.6 Å². The molecule has 0 saturated heterocycles. The van der Waals surface area contributed by atoms with E-state index in [1.165, 1.54) is 18.2 Å². The third kappa shape index (κ3) is 4.58. The number of benzene rings is 1.